The van der Waals surface area contributed by atoms with Gasteiger partial charge in [0.05, 0.1) is 0 Å². The molecule has 0 fully saturated rings. The summed E-state index contributed by atoms with van der Waals surface area (Å²) in [6.07, 6.45) is 3.10. The third-order valence-corrected chi connectivity index (χ3v) is 3.01. The van der Waals surface area contributed by atoms with Gasteiger partial charge in [-0.15, -0.1) is 0 Å². The lowest BCUT2D eigenvalue weighted by Gasteiger charge is -2.21. The van der Waals surface area contributed by atoms with Gasteiger partial charge < -0.3 is 10.2 Å². The molecule has 18 heavy (non-hydrogen) atoms. The molecule has 1 aromatic heterocycles. The van der Waals surface area contributed by atoms with E-state index in [2.05, 4.69) is 48.0 Å². The zero-order valence-corrected chi connectivity index (χ0v) is 12.8. The minimum atomic E-state index is 0.620. The molecule has 1 heterocycles. The van der Waals surface area contributed by atoms with Crippen molar-refractivity contribution >= 4 is 23.4 Å². The van der Waals surface area contributed by atoms with Gasteiger partial charge in [0.1, 0.15) is 11.6 Å². The molecule has 0 bridgehead atoms. The molecule has 0 unspecified atom stereocenters. The average molecular weight is 268 g/mol. The highest BCUT2D eigenvalue weighted by atomic mass is 32.2. The van der Waals surface area contributed by atoms with Crippen molar-refractivity contribution < 1.29 is 0 Å². The lowest BCUT2D eigenvalue weighted by molar-refractivity contribution is 0.632. The van der Waals surface area contributed by atoms with Crippen LogP contribution in [0.3, 0.4) is 0 Å². The highest BCUT2D eigenvalue weighted by molar-refractivity contribution is 7.98. The van der Waals surface area contributed by atoms with Crippen molar-refractivity contribution in [3.63, 3.8) is 0 Å². The molecule has 1 rings (SSSR count). The predicted octanol–water partition coefficient (Wildman–Crippen LogP) is 3.11. The Hall–Kier alpha value is -0.970. The fourth-order valence-electron chi connectivity index (χ4n) is 1.68. The normalized spacial score (nSPS) is 10.8. The molecule has 1 aromatic rings. The Morgan fingerprint density at radius 3 is 2.67 bits per heavy atom. The van der Waals surface area contributed by atoms with Crippen LogP contribution >= 0.6 is 11.8 Å². The van der Waals surface area contributed by atoms with Crippen LogP contribution in [0.2, 0.25) is 0 Å². The van der Waals surface area contributed by atoms with E-state index in [4.69, 9.17) is 0 Å². The molecular formula is C13H24N4S. The average Bonchev–Trinajstić information content (AvgIpc) is 2.35. The molecule has 0 spiro atoms. The number of aromatic nitrogens is 2. The number of hydrogen-bond acceptors (Lipinski definition) is 5. The molecule has 0 saturated heterocycles. The highest BCUT2D eigenvalue weighted by Crippen LogP contribution is 2.20. The Kier molecular flexibility index (Phi) is 6.25. The van der Waals surface area contributed by atoms with Crippen LogP contribution in [0.1, 0.15) is 27.2 Å². The number of rotatable bonds is 7. The van der Waals surface area contributed by atoms with Gasteiger partial charge in [-0.25, -0.2) is 9.97 Å². The second kappa shape index (κ2) is 7.46. The molecule has 0 saturated carbocycles. The van der Waals surface area contributed by atoms with E-state index in [1.54, 1.807) is 11.8 Å². The molecule has 1 N–H and O–H groups in total. The monoisotopic (exact) mass is 268 g/mol. The number of nitrogens with zero attached hydrogens (tertiary/aromatic N) is 3. The number of nitrogens with one attached hydrogen (secondary N) is 1. The van der Waals surface area contributed by atoms with Crippen LogP contribution in [0.5, 0.6) is 0 Å². The molecule has 0 aliphatic carbocycles. The van der Waals surface area contributed by atoms with Crippen molar-refractivity contribution in [1.29, 1.82) is 0 Å². The lowest BCUT2D eigenvalue weighted by atomic mass is 10.2. The van der Waals surface area contributed by atoms with E-state index in [0.717, 1.165) is 36.3 Å². The van der Waals surface area contributed by atoms with Crippen molar-refractivity contribution in [2.75, 3.05) is 36.6 Å². The lowest BCUT2D eigenvalue weighted by Crippen LogP contribution is -2.24. The first-order chi connectivity index (χ1) is 8.56. The molecule has 0 atom stereocenters. The third kappa shape index (κ3) is 4.72. The zero-order valence-electron chi connectivity index (χ0n) is 12.0. The molecule has 0 aliphatic rings. The first-order valence-electron chi connectivity index (χ1n) is 6.44. The van der Waals surface area contributed by atoms with Gasteiger partial charge in [0, 0.05) is 26.2 Å². The van der Waals surface area contributed by atoms with Crippen molar-refractivity contribution in [1.82, 2.24) is 9.97 Å². The van der Waals surface area contributed by atoms with Gasteiger partial charge in [0.2, 0.25) is 0 Å². The summed E-state index contributed by atoms with van der Waals surface area (Å²) in [6, 6.07) is 2.03. The predicted molar refractivity (Wildman–Crippen MR) is 80.7 cm³/mol. The summed E-state index contributed by atoms with van der Waals surface area (Å²) in [7, 11) is 2.08. The van der Waals surface area contributed by atoms with E-state index in [-0.39, 0.29) is 0 Å². The van der Waals surface area contributed by atoms with E-state index in [1.807, 2.05) is 12.3 Å². The van der Waals surface area contributed by atoms with Gasteiger partial charge >= 0.3 is 0 Å². The Balaban J connectivity index is 2.88. The fourth-order valence-corrected chi connectivity index (χ4v) is 2.06. The minimum Gasteiger partial charge on any atom is -0.370 e. The quantitative estimate of drug-likeness (QED) is 0.608. The summed E-state index contributed by atoms with van der Waals surface area (Å²) in [6.45, 7) is 8.51. The Morgan fingerprint density at radius 2 is 2.11 bits per heavy atom. The zero-order chi connectivity index (χ0) is 13.5. The van der Waals surface area contributed by atoms with Gasteiger partial charge in [0.25, 0.3) is 0 Å². The summed E-state index contributed by atoms with van der Waals surface area (Å²) >= 11 is 1.58. The minimum absolute atomic E-state index is 0.620. The van der Waals surface area contributed by atoms with Crippen molar-refractivity contribution in [2.24, 2.45) is 5.92 Å². The molecular weight excluding hydrogens is 244 g/mol. The summed E-state index contributed by atoms with van der Waals surface area (Å²) in [5.41, 5.74) is 0. The number of anilines is 2. The van der Waals surface area contributed by atoms with Gasteiger partial charge in [-0.1, -0.05) is 32.5 Å². The summed E-state index contributed by atoms with van der Waals surface area (Å²) in [4.78, 5) is 11.2. The molecule has 5 heteroatoms. The maximum absolute atomic E-state index is 4.55. The molecule has 0 radical (unpaired) electrons. The Labute approximate surface area is 115 Å². The molecule has 4 nitrogen and oxygen atoms in total. The van der Waals surface area contributed by atoms with Crippen LogP contribution in [-0.2, 0) is 0 Å². The third-order valence-electron chi connectivity index (χ3n) is 2.46. The van der Waals surface area contributed by atoms with Gasteiger partial charge in [-0.2, -0.15) is 0 Å². The fraction of sp³-hybridized carbons (Fsp3) is 0.692. The first kappa shape index (κ1) is 15.1. The first-order valence-corrected chi connectivity index (χ1v) is 7.67. The maximum atomic E-state index is 4.55. The summed E-state index contributed by atoms with van der Waals surface area (Å²) in [5.74, 6) is 2.53. The van der Waals surface area contributed by atoms with Crippen LogP contribution in [0.25, 0.3) is 0 Å². The van der Waals surface area contributed by atoms with Crippen molar-refractivity contribution in [3.05, 3.63) is 6.07 Å². The Bertz CT molecular complexity index is 368. The van der Waals surface area contributed by atoms with Crippen LogP contribution < -0.4 is 10.2 Å². The van der Waals surface area contributed by atoms with Crippen LogP contribution in [0.4, 0.5) is 11.6 Å². The summed E-state index contributed by atoms with van der Waals surface area (Å²) < 4.78 is 0. The van der Waals surface area contributed by atoms with E-state index >= 15 is 0 Å². The second-order valence-electron chi connectivity index (χ2n) is 4.80. The van der Waals surface area contributed by atoms with E-state index in [1.165, 1.54) is 0 Å². The highest BCUT2D eigenvalue weighted by Gasteiger charge is 2.09. The smallest absolute Gasteiger partial charge is 0.191 e. The topological polar surface area (TPSA) is 41.0 Å². The van der Waals surface area contributed by atoms with E-state index in [0.29, 0.717) is 5.92 Å². The van der Waals surface area contributed by atoms with E-state index < -0.39 is 0 Å². The van der Waals surface area contributed by atoms with E-state index in [9.17, 15) is 0 Å². The van der Waals surface area contributed by atoms with Crippen molar-refractivity contribution in [2.45, 2.75) is 32.3 Å². The molecule has 102 valence electrons. The number of hydrogen-bond donors (Lipinski definition) is 1. The second-order valence-corrected chi connectivity index (χ2v) is 5.57. The molecule has 0 aromatic carbocycles. The SMILES string of the molecule is CCCNc1cc(N(C)CC(C)C)nc(SC)n1. The summed E-state index contributed by atoms with van der Waals surface area (Å²) in [5, 5.41) is 4.15. The van der Waals surface area contributed by atoms with Gasteiger partial charge in [-0.3, -0.25) is 0 Å². The van der Waals surface area contributed by atoms with Gasteiger partial charge in [0.15, 0.2) is 5.16 Å². The molecule has 0 aliphatic heterocycles. The van der Waals surface area contributed by atoms with Crippen LogP contribution in [0.15, 0.2) is 11.2 Å². The molecule has 0 amide bonds. The number of thioether (sulfide) groups is 1. The Morgan fingerprint density at radius 1 is 1.39 bits per heavy atom. The van der Waals surface area contributed by atoms with Crippen LogP contribution in [0, 0.1) is 5.92 Å². The standard InChI is InChI=1S/C13H24N4S/c1-6-7-14-11-8-12(16-13(15-11)18-5)17(4)9-10(2)3/h8,10H,6-7,9H2,1-5H3,(H,14,15,16). The van der Waals surface area contributed by atoms with Gasteiger partial charge in [-0.05, 0) is 18.6 Å². The maximum Gasteiger partial charge on any atom is 0.191 e. The largest absolute Gasteiger partial charge is 0.370 e. The van der Waals surface area contributed by atoms with Crippen LogP contribution in [-0.4, -0.2) is 36.4 Å². The van der Waals surface area contributed by atoms with Crippen molar-refractivity contribution in [3.8, 4) is 0 Å².